The maximum Gasteiger partial charge on any atom is 0.416 e. The number of nitrogens with zero attached hydrogens (tertiary/aromatic N) is 1. The van der Waals surface area contributed by atoms with Crippen LogP contribution in [0.3, 0.4) is 0 Å². The summed E-state index contributed by atoms with van der Waals surface area (Å²) in [7, 11) is 3.90. The number of hydrogen-bond acceptors (Lipinski definition) is 2. The first-order chi connectivity index (χ1) is 9.29. The van der Waals surface area contributed by atoms with Crippen LogP contribution in [-0.2, 0) is 6.18 Å². The number of rotatable bonds is 5. The lowest BCUT2D eigenvalue weighted by atomic mass is 10.0. The van der Waals surface area contributed by atoms with Gasteiger partial charge in [0.05, 0.1) is 5.56 Å². The molecule has 0 heterocycles. The third-order valence-electron chi connectivity index (χ3n) is 3.96. The van der Waals surface area contributed by atoms with E-state index >= 15 is 0 Å². The molecule has 1 aromatic carbocycles. The molecular weight excluding hydrogens is 267 g/mol. The van der Waals surface area contributed by atoms with Gasteiger partial charge in [0.15, 0.2) is 5.72 Å². The Balaban J connectivity index is 2.19. The fourth-order valence-corrected chi connectivity index (χ4v) is 2.67. The summed E-state index contributed by atoms with van der Waals surface area (Å²) in [6.07, 6.45) is -1.30. The van der Waals surface area contributed by atoms with Gasteiger partial charge in [-0.1, -0.05) is 6.92 Å². The monoisotopic (exact) mass is 287 g/mol. The van der Waals surface area contributed by atoms with Crippen LogP contribution in [0.5, 0.6) is 5.75 Å². The molecule has 0 aromatic heterocycles. The predicted molar refractivity (Wildman–Crippen MR) is 71.5 cm³/mol. The molecule has 5 heteroatoms. The van der Waals surface area contributed by atoms with Crippen LogP contribution in [0.25, 0.3) is 0 Å². The van der Waals surface area contributed by atoms with Gasteiger partial charge in [-0.15, -0.1) is 0 Å². The van der Waals surface area contributed by atoms with Gasteiger partial charge in [0.1, 0.15) is 5.75 Å². The molecule has 1 saturated carbocycles. The molecule has 0 amide bonds. The molecule has 20 heavy (non-hydrogen) atoms. The SMILES string of the molecule is CCC(Oc1ccc(C(F)(F)F)cc1)(C1CC1)N(C)C. The summed E-state index contributed by atoms with van der Waals surface area (Å²) in [5.41, 5.74) is -1.07. The molecule has 0 bridgehead atoms. The fourth-order valence-electron chi connectivity index (χ4n) is 2.67. The van der Waals surface area contributed by atoms with Gasteiger partial charge in [0.2, 0.25) is 0 Å². The Kier molecular flexibility index (Phi) is 4.00. The van der Waals surface area contributed by atoms with Crippen molar-refractivity contribution in [2.45, 2.75) is 38.1 Å². The van der Waals surface area contributed by atoms with Gasteiger partial charge in [-0.25, -0.2) is 0 Å². The summed E-state index contributed by atoms with van der Waals surface area (Å²) in [6, 6.07) is 4.94. The highest BCUT2D eigenvalue weighted by Crippen LogP contribution is 2.45. The normalized spacial score (nSPS) is 18.9. The van der Waals surface area contributed by atoms with Crippen LogP contribution in [0, 0.1) is 5.92 Å². The van der Waals surface area contributed by atoms with Crippen LogP contribution in [0.2, 0.25) is 0 Å². The Labute approximate surface area is 117 Å². The highest BCUT2D eigenvalue weighted by molar-refractivity contribution is 5.29. The molecule has 1 aliphatic rings. The zero-order chi connectivity index (χ0) is 15.0. The van der Waals surface area contributed by atoms with E-state index in [-0.39, 0.29) is 0 Å². The summed E-state index contributed by atoms with van der Waals surface area (Å²) in [4.78, 5) is 2.03. The minimum atomic E-state index is -4.31. The van der Waals surface area contributed by atoms with Gasteiger partial charge in [-0.05, 0) is 57.6 Å². The topological polar surface area (TPSA) is 12.5 Å². The van der Waals surface area contributed by atoms with E-state index in [0.717, 1.165) is 31.4 Å². The predicted octanol–water partition coefficient (Wildman–Crippen LogP) is 4.16. The molecule has 1 fully saturated rings. The first kappa shape index (κ1) is 15.2. The second kappa shape index (κ2) is 5.28. The smallest absolute Gasteiger partial charge is 0.416 e. The minimum absolute atomic E-state index is 0.417. The quantitative estimate of drug-likeness (QED) is 0.754. The first-order valence-electron chi connectivity index (χ1n) is 6.83. The van der Waals surface area contributed by atoms with Crippen molar-refractivity contribution in [3.8, 4) is 5.75 Å². The van der Waals surface area contributed by atoms with Gasteiger partial charge >= 0.3 is 6.18 Å². The van der Waals surface area contributed by atoms with Gasteiger partial charge < -0.3 is 4.74 Å². The Morgan fingerprint density at radius 3 is 2.05 bits per heavy atom. The summed E-state index contributed by atoms with van der Waals surface area (Å²) in [5, 5.41) is 0. The van der Waals surface area contributed by atoms with E-state index in [1.165, 1.54) is 12.1 Å². The van der Waals surface area contributed by atoms with E-state index in [4.69, 9.17) is 4.74 Å². The Hall–Kier alpha value is -1.23. The van der Waals surface area contributed by atoms with E-state index in [9.17, 15) is 13.2 Å². The van der Waals surface area contributed by atoms with Crippen LogP contribution in [0.4, 0.5) is 13.2 Å². The summed E-state index contributed by atoms with van der Waals surface area (Å²) in [6.45, 7) is 2.04. The highest BCUT2D eigenvalue weighted by Gasteiger charge is 2.48. The van der Waals surface area contributed by atoms with Crippen molar-refractivity contribution in [2.24, 2.45) is 5.92 Å². The van der Waals surface area contributed by atoms with Crippen molar-refractivity contribution in [3.05, 3.63) is 29.8 Å². The Bertz CT molecular complexity index is 447. The summed E-state index contributed by atoms with van der Waals surface area (Å²) in [5.74, 6) is 0.935. The maximum atomic E-state index is 12.5. The van der Waals surface area contributed by atoms with Crippen LogP contribution in [0.15, 0.2) is 24.3 Å². The van der Waals surface area contributed by atoms with Crippen molar-refractivity contribution in [1.82, 2.24) is 4.90 Å². The third-order valence-corrected chi connectivity index (χ3v) is 3.96. The molecule has 0 N–H and O–H groups in total. The number of alkyl halides is 3. The van der Waals surface area contributed by atoms with Gasteiger partial charge in [0, 0.05) is 5.92 Å². The average Bonchev–Trinajstić information content (AvgIpc) is 3.19. The molecule has 1 aromatic rings. The second-order valence-electron chi connectivity index (χ2n) is 5.49. The third kappa shape index (κ3) is 2.92. The molecule has 0 saturated heterocycles. The molecule has 0 spiro atoms. The largest absolute Gasteiger partial charge is 0.472 e. The maximum absolute atomic E-state index is 12.5. The van der Waals surface area contributed by atoms with Gasteiger partial charge in [-0.2, -0.15) is 13.2 Å². The summed E-state index contributed by atoms with van der Waals surface area (Å²) < 4.78 is 43.7. The zero-order valence-electron chi connectivity index (χ0n) is 12.0. The molecular formula is C15H20F3NO. The highest BCUT2D eigenvalue weighted by atomic mass is 19.4. The van der Waals surface area contributed by atoms with Crippen molar-refractivity contribution in [3.63, 3.8) is 0 Å². The number of halogens is 3. The van der Waals surface area contributed by atoms with E-state index < -0.39 is 17.5 Å². The molecule has 1 unspecified atom stereocenters. The number of benzene rings is 1. The minimum Gasteiger partial charge on any atom is -0.472 e. The standard InChI is InChI=1S/C15H20F3NO/c1-4-14(19(2)3,11-5-6-11)20-13-9-7-12(8-10-13)15(16,17)18/h7-11H,4-6H2,1-3H3. The lowest BCUT2D eigenvalue weighted by molar-refractivity contribution is -0.137. The van der Waals surface area contributed by atoms with E-state index in [2.05, 4.69) is 0 Å². The van der Waals surface area contributed by atoms with E-state index in [1.54, 1.807) is 0 Å². The molecule has 0 aliphatic heterocycles. The molecule has 112 valence electrons. The van der Waals surface area contributed by atoms with E-state index in [1.807, 2.05) is 25.9 Å². The average molecular weight is 287 g/mol. The zero-order valence-corrected chi connectivity index (χ0v) is 12.0. The van der Waals surface area contributed by atoms with Crippen molar-refractivity contribution in [2.75, 3.05) is 14.1 Å². The van der Waals surface area contributed by atoms with E-state index in [0.29, 0.717) is 11.7 Å². The lowest BCUT2D eigenvalue weighted by Gasteiger charge is -2.40. The van der Waals surface area contributed by atoms with Crippen molar-refractivity contribution < 1.29 is 17.9 Å². The van der Waals surface area contributed by atoms with Crippen molar-refractivity contribution in [1.29, 1.82) is 0 Å². The van der Waals surface area contributed by atoms with Crippen LogP contribution < -0.4 is 4.74 Å². The second-order valence-corrected chi connectivity index (χ2v) is 5.49. The van der Waals surface area contributed by atoms with Crippen LogP contribution >= 0.6 is 0 Å². The Morgan fingerprint density at radius 2 is 1.70 bits per heavy atom. The van der Waals surface area contributed by atoms with Gasteiger partial charge in [-0.3, -0.25) is 4.90 Å². The van der Waals surface area contributed by atoms with Crippen molar-refractivity contribution >= 4 is 0 Å². The van der Waals surface area contributed by atoms with Crippen LogP contribution in [-0.4, -0.2) is 24.7 Å². The molecule has 2 rings (SSSR count). The fraction of sp³-hybridized carbons (Fsp3) is 0.600. The first-order valence-corrected chi connectivity index (χ1v) is 6.83. The Morgan fingerprint density at radius 1 is 1.15 bits per heavy atom. The lowest BCUT2D eigenvalue weighted by Crippen LogP contribution is -2.51. The molecule has 1 atom stereocenters. The van der Waals surface area contributed by atoms with Crippen LogP contribution in [0.1, 0.15) is 31.7 Å². The number of hydrogen-bond donors (Lipinski definition) is 0. The molecule has 1 aliphatic carbocycles. The van der Waals surface area contributed by atoms with Gasteiger partial charge in [0.25, 0.3) is 0 Å². The summed E-state index contributed by atoms with van der Waals surface area (Å²) >= 11 is 0. The number of ether oxygens (including phenoxy) is 1. The molecule has 2 nitrogen and oxygen atoms in total. The molecule has 0 radical (unpaired) electrons.